The van der Waals surface area contributed by atoms with Crippen molar-refractivity contribution in [2.45, 2.75) is 32.6 Å². The van der Waals surface area contributed by atoms with Crippen LogP contribution in [-0.2, 0) is 0 Å². The van der Waals surface area contributed by atoms with Crippen LogP contribution in [0, 0.1) is 5.92 Å². The highest BCUT2D eigenvalue weighted by Crippen LogP contribution is 2.11. The molecule has 0 aliphatic carbocycles. The first-order valence-corrected chi connectivity index (χ1v) is 5.14. The van der Waals surface area contributed by atoms with Crippen LogP contribution >= 0.6 is 0 Å². The van der Waals surface area contributed by atoms with Gasteiger partial charge >= 0.3 is 0 Å². The van der Waals surface area contributed by atoms with Crippen molar-refractivity contribution >= 4 is 6.72 Å². The molecule has 0 unspecified atom stereocenters. The number of nitrogens with two attached hydrogens (primary N) is 1. The molecule has 0 aromatic rings. The van der Waals surface area contributed by atoms with E-state index in [1.807, 2.05) is 0 Å². The Morgan fingerprint density at radius 1 is 1.38 bits per heavy atom. The van der Waals surface area contributed by atoms with Crippen molar-refractivity contribution in [3.63, 3.8) is 0 Å². The summed E-state index contributed by atoms with van der Waals surface area (Å²) < 4.78 is 0. The molecule has 0 fully saturated rings. The Morgan fingerprint density at radius 3 is 2.77 bits per heavy atom. The molecule has 13 heavy (non-hydrogen) atoms. The Labute approximate surface area is 81.8 Å². The van der Waals surface area contributed by atoms with Crippen molar-refractivity contribution in [1.29, 1.82) is 0 Å². The zero-order valence-corrected chi connectivity index (χ0v) is 8.76. The average Bonchev–Trinajstić information content (AvgIpc) is 2.14. The normalized spacial score (nSPS) is 12.8. The molecule has 0 saturated carbocycles. The van der Waals surface area contributed by atoms with Crippen molar-refractivity contribution < 1.29 is 0 Å². The van der Waals surface area contributed by atoms with Gasteiger partial charge in [-0.1, -0.05) is 19.8 Å². The van der Waals surface area contributed by atoms with Crippen LogP contribution in [0.25, 0.3) is 0 Å². The Bertz CT molecular complexity index is 115. The van der Waals surface area contributed by atoms with E-state index in [4.69, 9.17) is 5.73 Å². The SMILES string of the molecule is C=NCC[C@H](C)CCCCNCN. The quantitative estimate of drug-likeness (QED) is 0.324. The van der Waals surface area contributed by atoms with Crippen molar-refractivity contribution in [2.24, 2.45) is 16.6 Å². The maximum Gasteiger partial charge on any atom is 0.0428 e. The summed E-state index contributed by atoms with van der Waals surface area (Å²) in [5.41, 5.74) is 5.31. The lowest BCUT2D eigenvalue weighted by Gasteiger charge is -2.09. The van der Waals surface area contributed by atoms with Gasteiger partial charge in [-0.05, 0) is 32.0 Å². The monoisotopic (exact) mass is 185 g/mol. The molecule has 0 bridgehead atoms. The van der Waals surface area contributed by atoms with Gasteiger partial charge in [-0.15, -0.1) is 0 Å². The van der Waals surface area contributed by atoms with Crippen LogP contribution in [0.3, 0.4) is 0 Å². The van der Waals surface area contributed by atoms with E-state index >= 15 is 0 Å². The third-order valence-corrected chi connectivity index (χ3v) is 2.22. The molecule has 0 aromatic carbocycles. The summed E-state index contributed by atoms with van der Waals surface area (Å²) in [6.07, 6.45) is 4.98. The third-order valence-electron chi connectivity index (χ3n) is 2.22. The number of rotatable bonds is 9. The van der Waals surface area contributed by atoms with Gasteiger partial charge in [-0.3, -0.25) is 0 Å². The number of nitrogens with zero attached hydrogens (tertiary/aromatic N) is 1. The lowest BCUT2D eigenvalue weighted by Crippen LogP contribution is -2.23. The summed E-state index contributed by atoms with van der Waals surface area (Å²) in [4.78, 5) is 3.85. The first-order chi connectivity index (χ1) is 6.31. The van der Waals surface area contributed by atoms with E-state index in [0.29, 0.717) is 6.67 Å². The zero-order chi connectivity index (χ0) is 9.94. The van der Waals surface area contributed by atoms with Gasteiger partial charge in [0.1, 0.15) is 0 Å². The number of aliphatic imine (C=N–C) groups is 1. The van der Waals surface area contributed by atoms with Gasteiger partial charge in [0.25, 0.3) is 0 Å². The highest BCUT2D eigenvalue weighted by atomic mass is 14.9. The predicted molar refractivity (Wildman–Crippen MR) is 59.1 cm³/mol. The van der Waals surface area contributed by atoms with Gasteiger partial charge < -0.3 is 16.0 Å². The highest BCUT2D eigenvalue weighted by molar-refractivity contribution is 5.22. The molecule has 0 heterocycles. The summed E-state index contributed by atoms with van der Waals surface area (Å²) in [5.74, 6) is 0.781. The van der Waals surface area contributed by atoms with Gasteiger partial charge in [0, 0.05) is 13.2 Å². The first kappa shape index (κ1) is 12.6. The molecule has 1 atom stereocenters. The predicted octanol–water partition coefficient (Wildman–Crippen LogP) is 1.39. The van der Waals surface area contributed by atoms with Gasteiger partial charge in [0.15, 0.2) is 0 Å². The fourth-order valence-electron chi connectivity index (χ4n) is 1.30. The molecule has 78 valence electrons. The lowest BCUT2D eigenvalue weighted by atomic mass is 10.0. The maximum absolute atomic E-state index is 5.31. The molecule has 3 nitrogen and oxygen atoms in total. The summed E-state index contributed by atoms with van der Waals surface area (Å²) >= 11 is 0. The van der Waals surface area contributed by atoms with E-state index in [9.17, 15) is 0 Å². The summed E-state index contributed by atoms with van der Waals surface area (Å²) in [6.45, 7) is 8.30. The summed E-state index contributed by atoms with van der Waals surface area (Å²) in [7, 11) is 0. The van der Waals surface area contributed by atoms with E-state index in [1.54, 1.807) is 0 Å². The molecule has 0 amide bonds. The van der Waals surface area contributed by atoms with Crippen LogP contribution in [0.15, 0.2) is 4.99 Å². The van der Waals surface area contributed by atoms with E-state index in [1.165, 1.54) is 25.7 Å². The largest absolute Gasteiger partial charge is 0.318 e. The van der Waals surface area contributed by atoms with Crippen molar-refractivity contribution in [3.05, 3.63) is 0 Å². The smallest absolute Gasteiger partial charge is 0.0428 e. The Hall–Kier alpha value is -0.410. The second-order valence-corrected chi connectivity index (χ2v) is 3.54. The van der Waals surface area contributed by atoms with Gasteiger partial charge in [-0.2, -0.15) is 0 Å². The van der Waals surface area contributed by atoms with E-state index in [0.717, 1.165) is 19.0 Å². The highest BCUT2D eigenvalue weighted by Gasteiger charge is 2.00. The molecule has 0 rings (SSSR count). The van der Waals surface area contributed by atoms with Crippen LogP contribution < -0.4 is 11.1 Å². The number of nitrogens with one attached hydrogen (secondary N) is 1. The second kappa shape index (κ2) is 9.68. The summed E-state index contributed by atoms with van der Waals surface area (Å²) in [6, 6.07) is 0. The topological polar surface area (TPSA) is 50.4 Å². The van der Waals surface area contributed by atoms with Crippen LogP contribution in [0.1, 0.15) is 32.6 Å². The molecule has 0 aliphatic heterocycles. The van der Waals surface area contributed by atoms with Gasteiger partial charge in [0.2, 0.25) is 0 Å². The minimum absolute atomic E-state index is 0.593. The number of hydrogen-bond acceptors (Lipinski definition) is 3. The lowest BCUT2D eigenvalue weighted by molar-refractivity contribution is 0.466. The molecule has 0 spiro atoms. The molecule has 3 N–H and O–H groups in total. The van der Waals surface area contributed by atoms with Crippen molar-refractivity contribution in [2.75, 3.05) is 19.8 Å². The van der Waals surface area contributed by atoms with E-state index in [2.05, 4.69) is 24.0 Å². The summed E-state index contributed by atoms with van der Waals surface area (Å²) in [5, 5.41) is 3.11. The second-order valence-electron chi connectivity index (χ2n) is 3.54. The van der Waals surface area contributed by atoms with Crippen LogP contribution in [0.4, 0.5) is 0 Å². The van der Waals surface area contributed by atoms with Crippen molar-refractivity contribution in [3.8, 4) is 0 Å². The van der Waals surface area contributed by atoms with Gasteiger partial charge in [0.05, 0.1) is 0 Å². The molecule has 0 aromatic heterocycles. The van der Waals surface area contributed by atoms with E-state index < -0.39 is 0 Å². The maximum atomic E-state index is 5.31. The van der Waals surface area contributed by atoms with Crippen molar-refractivity contribution in [1.82, 2.24) is 5.32 Å². The van der Waals surface area contributed by atoms with Gasteiger partial charge in [-0.25, -0.2) is 0 Å². The molecule has 0 saturated heterocycles. The van der Waals surface area contributed by atoms with Crippen LogP contribution in [0.2, 0.25) is 0 Å². The Balaban J connectivity index is 3.07. The third kappa shape index (κ3) is 9.50. The molecule has 0 aliphatic rings. The molecular weight excluding hydrogens is 162 g/mol. The first-order valence-electron chi connectivity index (χ1n) is 5.14. The standard InChI is InChI=1S/C10H23N3/c1-10(6-8-12-2)5-3-4-7-13-9-11/h10,13H,2-9,11H2,1H3/t10-/m1/s1. The van der Waals surface area contributed by atoms with Crippen LogP contribution in [0.5, 0.6) is 0 Å². The number of hydrogen-bond donors (Lipinski definition) is 2. The van der Waals surface area contributed by atoms with Crippen LogP contribution in [-0.4, -0.2) is 26.5 Å². The zero-order valence-electron chi connectivity index (χ0n) is 8.76. The molecule has 3 heteroatoms. The fourth-order valence-corrected chi connectivity index (χ4v) is 1.30. The average molecular weight is 185 g/mol. The minimum Gasteiger partial charge on any atom is -0.318 e. The number of unbranched alkanes of at least 4 members (excludes halogenated alkanes) is 1. The molecule has 0 radical (unpaired) electrons. The fraction of sp³-hybridized carbons (Fsp3) is 0.900. The molecular formula is C10H23N3. The Kier molecular flexibility index (Phi) is 9.37. The minimum atomic E-state index is 0.593. The van der Waals surface area contributed by atoms with E-state index in [-0.39, 0.29) is 0 Å². The Morgan fingerprint density at radius 2 is 2.15 bits per heavy atom.